The van der Waals surface area contributed by atoms with Gasteiger partial charge in [0, 0.05) is 11.9 Å². The predicted molar refractivity (Wildman–Crippen MR) is 87.1 cm³/mol. The van der Waals surface area contributed by atoms with E-state index in [9.17, 15) is 4.79 Å². The van der Waals surface area contributed by atoms with Crippen LogP contribution in [0.4, 0.5) is 5.69 Å². The SMILES string of the molecule is Cc1cccc(NC(=O)Cc2cnn(-c3ccccc3)c2)c1. The first-order chi connectivity index (χ1) is 10.7. The molecule has 0 bridgehead atoms. The van der Waals surface area contributed by atoms with E-state index in [4.69, 9.17) is 0 Å². The van der Waals surface area contributed by atoms with Gasteiger partial charge in [-0.05, 0) is 42.3 Å². The summed E-state index contributed by atoms with van der Waals surface area (Å²) >= 11 is 0. The van der Waals surface area contributed by atoms with Gasteiger partial charge in [-0.3, -0.25) is 4.79 Å². The fourth-order valence-corrected chi connectivity index (χ4v) is 2.29. The van der Waals surface area contributed by atoms with Crippen LogP contribution >= 0.6 is 0 Å². The van der Waals surface area contributed by atoms with Gasteiger partial charge < -0.3 is 5.32 Å². The van der Waals surface area contributed by atoms with Crippen LogP contribution in [-0.2, 0) is 11.2 Å². The molecule has 0 radical (unpaired) electrons. The largest absolute Gasteiger partial charge is 0.326 e. The standard InChI is InChI=1S/C18H17N3O/c1-14-6-5-7-16(10-14)20-18(22)11-15-12-19-21(13-15)17-8-3-2-4-9-17/h2-10,12-13H,11H2,1H3,(H,20,22). The van der Waals surface area contributed by atoms with Crippen molar-refractivity contribution in [1.29, 1.82) is 0 Å². The third-order valence-corrected chi connectivity index (χ3v) is 3.32. The minimum Gasteiger partial charge on any atom is -0.326 e. The molecule has 110 valence electrons. The zero-order valence-electron chi connectivity index (χ0n) is 12.4. The van der Waals surface area contributed by atoms with Crippen molar-refractivity contribution in [3.05, 3.63) is 78.1 Å². The Bertz CT molecular complexity index is 778. The lowest BCUT2D eigenvalue weighted by molar-refractivity contribution is -0.115. The highest BCUT2D eigenvalue weighted by atomic mass is 16.1. The van der Waals surface area contributed by atoms with Gasteiger partial charge in [-0.1, -0.05) is 30.3 Å². The number of nitrogens with zero attached hydrogens (tertiary/aromatic N) is 2. The minimum absolute atomic E-state index is 0.0433. The summed E-state index contributed by atoms with van der Waals surface area (Å²) in [5, 5.41) is 7.20. The van der Waals surface area contributed by atoms with Gasteiger partial charge in [0.15, 0.2) is 0 Å². The zero-order chi connectivity index (χ0) is 15.4. The third kappa shape index (κ3) is 3.41. The fourth-order valence-electron chi connectivity index (χ4n) is 2.29. The van der Waals surface area contributed by atoms with Crippen LogP contribution in [0, 0.1) is 6.92 Å². The van der Waals surface area contributed by atoms with E-state index in [2.05, 4.69) is 10.4 Å². The molecule has 2 aromatic carbocycles. The number of benzene rings is 2. The number of aryl methyl sites for hydroxylation is 1. The maximum absolute atomic E-state index is 12.1. The number of amides is 1. The molecule has 3 rings (SSSR count). The van der Waals surface area contributed by atoms with Gasteiger partial charge in [0.2, 0.25) is 5.91 Å². The van der Waals surface area contributed by atoms with Gasteiger partial charge in [0.05, 0.1) is 18.3 Å². The van der Waals surface area contributed by atoms with Crippen molar-refractivity contribution >= 4 is 11.6 Å². The van der Waals surface area contributed by atoms with Crippen LogP contribution in [0.15, 0.2) is 67.0 Å². The quantitative estimate of drug-likeness (QED) is 0.801. The first kappa shape index (κ1) is 14.1. The van der Waals surface area contributed by atoms with Crippen LogP contribution in [0.25, 0.3) is 5.69 Å². The first-order valence-corrected chi connectivity index (χ1v) is 7.16. The number of nitrogens with one attached hydrogen (secondary N) is 1. The molecule has 0 saturated heterocycles. The van der Waals surface area contributed by atoms with E-state index in [1.807, 2.05) is 67.7 Å². The Labute approximate surface area is 129 Å². The van der Waals surface area contributed by atoms with E-state index in [0.717, 1.165) is 22.5 Å². The molecule has 0 atom stereocenters. The molecule has 1 aromatic heterocycles. The highest BCUT2D eigenvalue weighted by Crippen LogP contribution is 2.11. The summed E-state index contributed by atoms with van der Waals surface area (Å²) in [4.78, 5) is 12.1. The molecular formula is C18H17N3O. The van der Waals surface area contributed by atoms with E-state index >= 15 is 0 Å². The van der Waals surface area contributed by atoms with Crippen LogP contribution in [-0.4, -0.2) is 15.7 Å². The maximum atomic E-state index is 12.1. The van der Waals surface area contributed by atoms with Crippen LogP contribution in [0.5, 0.6) is 0 Å². The van der Waals surface area contributed by atoms with Crippen LogP contribution in [0.1, 0.15) is 11.1 Å². The fraction of sp³-hybridized carbons (Fsp3) is 0.111. The molecule has 1 amide bonds. The second-order valence-corrected chi connectivity index (χ2v) is 5.22. The summed E-state index contributed by atoms with van der Waals surface area (Å²) in [6.45, 7) is 2.00. The van der Waals surface area contributed by atoms with Gasteiger partial charge in [0.25, 0.3) is 0 Å². The average molecular weight is 291 g/mol. The Hall–Kier alpha value is -2.88. The second-order valence-electron chi connectivity index (χ2n) is 5.22. The molecule has 22 heavy (non-hydrogen) atoms. The smallest absolute Gasteiger partial charge is 0.228 e. The molecule has 0 spiro atoms. The third-order valence-electron chi connectivity index (χ3n) is 3.32. The number of hydrogen-bond acceptors (Lipinski definition) is 2. The summed E-state index contributed by atoms with van der Waals surface area (Å²) in [5.74, 6) is -0.0433. The van der Waals surface area contributed by atoms with Crippen molar-refractivity contribution in [1.82, 2.24) is 9.78 Å². The number of para-hydroxylation sites is 1. The molecule has 0 unspecified atom stereocenters. The number of hydrogen-bond donors (Lipinski definition) is 1. The number of carbonyl (C=O) groups is 1. The van der Waals surface area contributed by atoms with Crippen LogP contribution in [0.2, 0.25) is 0 Å². The highest BCUT2D eigenvalue weighted by molar-refractivity contribution is 5.92. The van der Waals surface area contributed by atoms with Crippen molar-refractivity contribution in [2.45, 2.75) is 13.3 Å². The molecule has 4 heteroatoms. The Morgan fingerprint density at radius 1 is 1.14 bits per heavy atom. The monoisotopic (exact) mass is 291 g/mol. The summed E-state index contributed by atoms with van der Waals surface area (Å²) in [7, 11) is 0. The molecule has 1 N–H and O–H groups in total. The molecule has 4 nitrogen and oxygen atoms in total. The lowest BCUT2D eigenvalue weighted by Gasteiger charge is -2.04. The van der Waals surface area contributed by atoms with Crippen molar-refractivity contribution in [3.8, 4) is 5.69 Å². The topological polar surface area (TPSA) is 46.9 Å². The second kappa shape index (κ2) is 6.26. The van der Waals surface area contributed by atoms with E-state index in [1.54, 1.807) is 10.9 Å². The minimum atomic E-state index is -0.0433. The molecule has 0 aliphatic heterocycles. The lowest BCUT2D eigenvalue weighted by Crippen LogP contribution is -2.14. The number of anilines is 1. The van der Waals surface area contributed by atoms with Gasteiger partial charge in [-0.15, -0.1) is 0 Å². The summed E-state index contributed by atoms with van der Waals surface area (Å²) in [6, 6.07) is 17.6. The number of carbonyl (C=O) groups excluding carboxylic acids is 1. The van der Waals surface area contributed by atoms with Crippen LogP contribution < -0.4 is 5.32 Å². The summed E-state index contributed by atoms with van der Waals surface area (Å²) in [5.41, 5.74) is 3.80. The molecular weight excluding hydrogens is 274 g/mol. The van der Waals surface area contributed by atoms with Gasteiger partial charge in [0.1, 0.15) is 0 Å². The van der Waals surface area contributed by atoms with E-state index in [-0.39, 0.29) is 5.91 Å². The normalized spacial score (nSPS) is 10.4. The molecule has 3 aromatic rings. The Balaban J connectivity index is 1.66. The van der Waals surface area contributed by atoms with Crippen molar-refractivity contribution in [2.75, 3.05) is 5.32 Å². The maximum Gasteiger partial charge on any atom is 0.228 e. The van der Waals surface area contributed by atoms with E-state index < -0.39 is 0 Å². The number of aromatic nitrogens is 2. The van der Waals surface area contributed by atoms with Crippen LogP contribution in [0.3, 0.4) is 0 Å². The first-order valence-electron chi connectivity index (χ1n) is 7.16. The van der Waals surface area contributed by atoms with E-state index in [1.165, 1.54) is 0 Å². The summed E-state index contributed by atoms with van der Waals surface area (Å²) < 4.78 is 1.77. The van der Waals surface area contributed by atoms with Crippen molar-refractivity contribution < 1.29 is 4.79 Å². The zero-order valence-corrected chi connectivity index (χ0v) is 12.4. The van der Waals surface area contributed by atoms with Gasteiger partial charge in [-0.25, -0.2) is 4.68 Å². The molecule has 0 saturated carbocycles. The number of rotatable bonds is 4. The van der Waals surface area contributed by atoms with E-state index in [0.29, 0.717) is 6.42 Å². The molecule has 0 fully saturated rings. The predicted octanol–water partition coefficient (Wildman–Crippen LogP) is 3.36. The van der Waals surface area contributed by atoms with Crippen molar-refractivity contribution in [2.24, 2.45) is 0 Å². The Morgan fingerprint density at radius 2 is 1.95 bits per heavy atom. The lowest BCUT2D eigenvalue weighted by atomic mass is 10.2. The van der Waals surface area contributed by atoms with Gasteiger partial charge >= 0.3 is 0 Å². The Morgan fingerprint density at radius 3 is 2.73 bits per heavy atom. The highest BCUT2D eigenvalue weighted by Gasteiger charge is 2.07. The Kier molecular flexibility index (Phi) is 4.01. The van der Waals surface area contributed by atoms with Crippen molar-refractivity contribution in [3.63, 3.8) is 0 Å². The molecule has 1 heterocycles. The molecule has 0 aliphatic carbocycles. The molecule has 0 aliphatic rings. The summed E-state index contributed by atoms with van der Waals surface area (Å²) in [6.07, 6.45) is 3.91. The van der Waals surface area contributed by atoms with Gasteiger partial charge in [-0.2, -0.15) is 5.10 Å². The average Bonchev–Trinajstić information content (AvgIpc) is 2.96.